The number of nitrogens with zero attached hydrogens (tertiary/aromatic N) is 1. The molecule has 2 aliphatic heterocycles. The van der Waals surface area contributed by atoms with Crippen molar-refractivity contribution in [3.05, 3.63) is 0 Å². The Balaban J connectivity index is 0.000000771. The molecule has 0 aromatic heterocycles. The number of nitrogens with one attached hydrogen (secondary N) is 1. The highest BCUT2D eigenvalue weighted by molar-refractivity contribution is 4.85. The van der Waals surface area contributed by atoms with Crippen LogP contribution in [-0.4, -0.2) is 37.1 Å². The van der Waals surface area contributed by atoms with E-state index in [1.54, 1.807) is 0 Å². The highest BCUT2D eigenvalue weighted by Crippen LogP contribution is 2.35. The predicted octanol–water partition coefficient (Wildman–Crippen LogP) is 3.52. The van der Waals surface area contributed by atoms with Crippen molar-refractivity contribution >= 4 is 0 Å². The Kier molecular flexibility index (Phi) is 6.65. The minimum Gasteiger partial charge on any atom is -0.317 e. The van der Waals surface area contributed by atoms with Gasteiger partial charge in [0.25, 0.3) is 0 Å². The lowest BCUT2D eigenvalue weighted by atomic mass is 9.75. The van der Waals surface area contributed by atoms with E-state index in [0.29, 0.717) is 5.41 Å². The summed E-state index contributed by atoms with van der Waals surface area (Å²) in [5.41, 5.74) is 0.514. The van der Waals surface area contributed by atoms with E-state index in [-0.39, 0.29) is 0 Å². The molecule has 0 aromatic rings. The molecule has 2 rings (SSSR count). The van der Waals surface area contributed by atoms with E-state index >= 15 is 0 Å². The SMILES string of the molecule is CC.CC(C)(C)C1CCN(C2CCNCC2)CC1. The molecule has 0 aliphatic carbocycles. The van der Waals surface area contributed by atoms with Gasteiger partial charge < -0.3 is 10.2 Å². The minimum atomic E-state index is 0.514. The van der Waals surface area contributed by atoms with Crippen molar-refractivity contribution in [2.75, 3.05) is 26.2 Å². The van der Waals surface area contributed by atoms with Gasteiger partial charge >= 0.3 is 0 Å². The maximum atomic E-state index is 3.46. The van der Waals surface area contributed by atoms with Crippen LogP contribution >= 0.6 is 0 Å². The summed E-state index contributed by atoms with van der Waals surface area (Å²) in [4.78, 5) is 2.75. The molecule has 2 heterocycles. The van der Waals surface area contributed by atoms with Crippen LogP contribution in [0.2, 0.25) is 0 Å². The summed E-state index contributed by atoms with van der Waals surface area (Å²) < 4.78 is 0. The van der Waals surface area contributed by atoms with Crippen molar-refractivity contribution in [2.45, 2.75) is 66.3 Å². The minimum absolute atomic E-state index is 0.514. The van der Waals surface area contributed by atoms with Gasteiger partial charge in [-0.25, -0.2) is 0 Å². The molecule has 0 bridgehead atoms. The van der Waals surface area contributed by atoms with Gasteiger partial charge in [-0.05, 0) is 63.2 Å². The summed E-state index contributed by atoms with van der Waals surface area (Å²) in [5, 5.41) is 3.46. The van der Waals surface area contributed by atoms with Crippen molar-refractivity contribution in [2.24, 2.45) is 11.3 Å². The average Bonchev–Trinajstić information content (AvgIpc) is 2.41. The summed E-state index contributed by atoms with van der Waals surface area (Å²) in [6, 6.07) is 0.877. The molecule has 2 nitrogen and oxygen atoms in total. The van der Waals surface area contributed by atoms with Crippen molar-refractivity contribution < 1.29 is 0 Å². The first-order valence-corrected chi connectivity index (χ1v) is 8.02. The fraction of sp³-hybridized carbons (Fsp3) is 1.00. The summed E-state index contributed by atoms with van der Waals surface area (Å²) in [7, 11) is 0. The van der Waals surface area contributed by atoms with E-state index in [9.17, 15) is 0 Å². The van der Waals surface area contributed by atoms with Crippen LogP contribution in [0.4, 0.5) is 0 Å². The normalized spacial score (nSPS) is 24.5. The molecular formula is C16H34N2. The van der Waals surface area contributed by atoms with Crippen molar-refractivity contribution in [1.29, 1.82) is 0 Å². The van der Waals surface area contributed by atoms with E-state index in [2.05, 4.69) is 31.0 Å². The number of piperidine rings is 2. The largest absolute Gasteiger partial charge is 0.317 e. The average molecular weight is 254 g/mol. The van der Waals surface area contributed by atoms with Gasteiger partial charge in [-0.2, -0.15) is 0 Å². The third-order valence-corrected chi connectivity index (χ3v) is 4.58. The van der Waals surface area contributed by atoms with E-state index in [4.69, 9.17) is 0 Å². The fourth-order valence-electron chi connectivity index (χ4n) is 3.30. The zero-order chi connectivity index (χ0) is 13.6. The van der Waals surface area contributed by atoms with Gasteiger partial charge in [0.05, 0.1) is 0 Å². The fourth-order valence-corrected chi connectivity index (χ4v) is 3.30. The van der Waals surface area contributed by atoms with Gasteiger partial charge in [0, 0.05) is 6.04 Å². The highest BCUT2D eigenvalue weighted by Gasteiger charge is 2.31. The Hall–Kier alpha value is -0.0800. The molecule has 0 spiro atoms. The third-order valence-electron chi connectivity index (χ3n) is 4.58. The molecule has 2 fully saturated rings. The van der Waals surface area contributed by atoms with E-state index < -0.39 is 0 Å². The Labute approximate surface area is 115 Å². The van der Waals surface area contributed by atoms with Crippen LogP contribution in [0, 0.1) is 11.3 Å². The first kappa shape index (κ1) is 16.0. The van der Waals surface area contributed by atoms with Crippen LogP contribution < -0.4 is 5.32 Å². The second-order valence-corrected chi connectivity index (χ2v) is 6.66. The van der Waals surface area contributed by atoms with Crippen LogP contribution in [0.25, 0.3) is 0 Å². The summed E-state index contributed by atoms with van der Waals surface area (Å²) in [5.74, 6) is 0.936. The molecule has 2 heteroatoms. The summed E-state index contributed by atoms with van der Waals surface area (Å²) in [6.07, 6.45) is 5.54. The number of likely N-dealkylation sites (tertiary alicyclic amines) is 1. The maximum Gasteiger partial charge on any atom is 0.0119 e. The Bertz CT molecular complexity index is 206. The monoisotopic (exact) mass is 254 g/mol. The molecule has 0 saturated carbocycles. The smallest absolute Gasteiger partial charge is 0.0119 e. The predicted molar refractivity (Wildman–Crippen MR) is 81.0 cm³/mol. The van der Waals surface area contributed by atoms with Gasteiger partial charge in [0.1, 0.15) is 0 Å². The quantitative estimate of drug-likeness (QED) is 0.770. The zero-order valence-corrected chi connectivity index (χ0v) is 13.3. The zero-order valence-electron chi connectivity index (χ0n) is 13.3. The lowest BCUT2D eigenvalue weighted by Crippen LogP contribution is -2.47. The molecule has 2 aliphatic rings. The Morgan fingerprint density at radius 2 is 1.39 bits per heavy atom. The molecule has 0 aromatic carbocycles. The second kappa shape index (κ2) is 7.49. The first-order valence-electron chi connectivity index (χ1n) is 8.02. The highest BCUT2D eigenvalue weighted by atomic mass is 15.2. The van der Waals surface area contributed by atoms with Gasteiger partial charge in [0.2, 0.25) is 0 Å². The molecule has 0 radical (unpaired) electrons. The van der Waals surface area contributed by atoms with Crippen molar-refractivity contribution in [3.63, 3.8) is 0 Å². The molecular weight excluding hydrogens is 220 g/mol. The molecule has 108 valence electrons. The number of rotatable bonds is 1. The van der Waals surface area contributed by atoms with Crippen LogP contribution in [0.1, 0.15) is 60.3 Å². The van der Waals surface area contributed by atoms with E-state index in [1.165, 1.54) is 51.9 Å². The lowest BCUT2D eigenvalue weighted by molar-refractivity contribution is 0.0711. The van der Waals surface area contributed by atoms with Crippen molar-refractivity contribution in [3.8, 4) is 0 Å². The van der Waals surface area contributed by atoms with Crippen LogP contribution in [0.5, 0.6) is 0 Å². The van der Waals surface area contributed by atoms with E-state index in [0.717, 1.165) is 12.0 Å². The molecule has 18 heavy (non-hydrogen) atoms. The molecule has 1 N–H and O–H groups in total. The Morgan fingerprint density at radius 1 is 0.889 bits per heavy atom. The standard InChI is InChI=1S/C14H28N2.C2H6/c1-14(2,3)12-6-10-16(11-7-12)13-4-8-15-9-5-13;1-2/h12-13,15H,4-11H2,1-3H3;1-2H3. The Morgan fingerprint density at radius 3 is 1.83 bits per heavy atom. The molecule has 0 amide bonds. The number of hydrogen-bond donors (Lipinski definition) is 1. The van der Waals surface area contributed by atoms with Gasteiger partial charge in [0.15, 0.2) is 0 Å². The molecule has 0 atom stereocenters. The van der Waals surface area contributed by atoms with E-state index in [1.807, 2.05) is 13.8 Å². The number of hydrogen-bond acceptors (Lipinski definition) is 2. The van der Waals surface area contributed by atoms with Crippen LogP contribution in [0.3, 0.4) is 0 Å². The van der Waals surface area contributed by atoms with Gasteiger partial charge in [-0.15, -0.1) is 0 Å². The maximum absolute atomic E-state index is 3.46. The second-order valence-electron chi connectivity index (χ2n) is 6.66. The van der Waals surface area contributed by atoms with Gasteiger partial charge in [-0.3, -0.25) is 0 Å². The van der Waals surface area contributed by atoms with Crippen molar-refractivity contribution in [1.82, 2.24) is 10.2 Å². The molecule has 0 unspecified atom stereocenters. The van der Waals surface area contributed by atoms with Crippen LogP contribution in [0.15, 0.2) is 0 Å². The van der Waals surface area contributed by atoms with Crippen LogP contribution in [-0.2, 0) is 0 Å². The topological polar surface area (TPSA) is 15.3 Å². The summed E-state index contributed by atoms with van der Waals surface area (Å²) >= 11 is 0. The third kappa shape index (κ3) is 4.55. The first-order chi connectivity index (χ1) is 8.57. The molecule has 2 saturated heterocycles. The van der Waals surface area contributed by atoms with Gasteiger partial charge in [-0.1, -0.05) is 34.6 Å². The summed E-state index contributed by atoms with van der Waals surface area (Å²) in [6.45, 7) is 16.3. The lowest BCUT2D eigenvalue weighted by Gasteiger charge is -2.43.